The molecule has 0 atom stereocenters. The van der Waals surface area contributed by atoms with Gasteiger partial charge in [0.25, 0.3) is 5.69 Å². The van der Waals surface area contributed by atoms with Crippen molar-refractivity contribution in [2.75, 3.05) is 0 Å². The summed E-state index contributed by atoms with van der Waals surface area (Å²) >= 11 is 5.60. The predicted molar refractivity (Wildman–Crippen MR) is 77.1 cm³/mol. The molecule has 1 aliphatic rings. The van der Waals surface area contributed by atoms with Gasteiger partial charge in [0.05, 0.1) is 4.92 Å². The van der Waals surface area contributed by atoms with Crippen molar-refractivity contribution in [1.82, 2.24) is 0 Å². The highest BCUT2D eigenvalue weighted by atomic mass is 35.5. The third kappa shape index (κ3) is 3.57. The van der Waals surface area contributed by atoms with Crippen LogP contribution in [-0.4, -0.2) is 24.8 Å². The third-order valence-electron chi connectivity index (χ3n) is 2.48. The molecule has 0 saturated heterocycles. The lowest BCUT2D eigenvalue weighted by Crippen LogP contribution is -2.06. The number of hydrogen-bond donors (Lipinski definition) is 0. The molecular formula is C12H7ClN2O6S. The topological polar surface area (TPSA) is 116 Å². The molecule has 0 amide bonds. The van der Waals surface area contributed by atoms with Crippen molar-refractivity contribution >= 4 is 38.9 Å². The first kappa shape index (κ1) is 15.9. The van der Waals surface area contributed by atoms with Gasteiger partial charge in [0.1, 0.15) is 15.6 Å². The van der Waals surface area contributed by atoms with Crippen LogP contribution in [0.4, 0.5) is 5.69 Å². The molecule has 1 aromatic carbocycles. The smallest absolute Gasteiger partial charge is 0.290 e. The molecule has 0 aliphatic heterocycles. The van der Waals surface area contributed by atoms with Crippen molar-refractivity contribution in [3.8, 4) is 0 Å². The number of carbonyl (C=O) groups is 1. The first-order valence-corrected chi connectivity index (χ1v) is 7.44. The maximum atomic E-state index is 11.9. The van der Waals surface area contributed by atoms with Gasteiger partial charge in [0.2, 0.25) is 0 Å². The summed E-state index contributed by atoms with van der Waals surface area (Å²) in [6.45, 7) is 0. The summed E-state index contributed by atoms with van der Waals surface area (Å²) in [5, 5.41) is 13.9. The molecule has 0 aromatic heterocycles. The number of oxime groups is 1. The largest absolute Gasteiger partial charge is 0.358 e. The summed E-state index contributed by atoms with van der Waals surface area (Å²) in [5.41, 5.74) is -0.464. The Balaban J connectivity index is 2.28. The number of allylic oxidation sites excluding steroid dienone is 4. The molecule has 0 spiro atoms. The Morgan fingerprint density at radius 1 is 1.18 bits per heavy atom. The fourth-order valence-electron chi connectivity index (χ4n) is 1.43. The van der Waals surface area contributed by atoms with Gasteiger partial charge in [-0.25, -0.2) is 0 Å². The molecule has 0 radical (unpaired) electrons. The minimum absolute atomic E-state index is 0.103. The van der Waals surface area contributed by atoms with Gasteiger partial charge in [0, 0.05) is 6.07 Å². The Bertz CT molecular complexity index is 823. The van der Waals surface area contributed by atoms with E-state index in [0.29, 0.717) is 0 Å². The Labute approximate surface area is 129 Å². The molecule has 0 unspecified atom stereocenters. The monoisotopic (exact) mass is 342 g/mol. The van der Waals surface area contributed by atoms with E-state index in [4.69, 9.17) is 11.6 Å². The quantitative estimate of drug-likeness (QED) is 0.469. The summed E-state index contributed by atoms with van der Waals surface area (Å²) in [5.74, 6) is -0.268. The number of nitrogens with zero attached hydrogens (tertiary/aromatic N) is 2. The van der Waals surface area contributed by atoms with Gasteiger partial charge in [-0.2, -0.15) is 8.42 Å². The number of halogens is 1. The van der Waals surface area contributed by atoms with E-state index in [0.717, 1.165) is 18.2 Å². The number of benzene rings is 1. The zero-order valence-corrected chi connectivity index (χ0v) is 12.2. The van der Waals surface area contributed by atoms with Crippen molar-refractivity contribution < 1.29 is 22.4 Å². The summed E-state index contributed by atoms with van der Waals surface area (Å²) in [6.07, 6.45) is 4.90. The van der Waals surface area contributed by atoms with Crippen LogP contribution < -0.4 is 0 Å². The second kappa shape index (κ2) is 6.08. The first-order valence-electron chi connectivity index (χ1n) is 5.65. The molecule has 0 N–H and O–H groups in total. The minimum Gasteiger partial charge on any atom is -0.290 e. The fourth-order valence-corrected chi connectivity index (χ4v) is 2.38. The van der Waals surface area contributed by atoms with Crippen LogP contribution in [0, 0.1) is 10.1 Å². The molecule has 0 heterocycles. The molecule has 10 heteroatoms. The standard InChI is InChI=1S/C12H7ClN2O6S/c13-11-6-5-10(7-12(11)15(17)18)22(19,20)21-14-8-1-3-9(16)4-2-8/h1-7H. The van der Waals surface area contributed by atoms with E-state index in [1.807, 2.05) is 0 Å². The van der Waals surface area contributed by atoms with E-state index < -0.39 is 25.6 Å². The Kier molecular flexibility index (Phi) is 4.38. The molecule has 1 aliphatic carbocycles. The van der Waals surface area contributed by atoms with Gasteiger partial charge in [0.15, 0.2) is 5.78 Å². The van der Waals surface area contributed by atoms with Crippen molar-refractivity contribution in [2.45, 2.75) is 4.90 Å². The van der Waals surface area contributed by atoms with Crippen LogP contribution in [0.3, 0.4) is 0 Å². The molecule has 22 heavy (non-hydrogen) atoms. The number of hydrogen-bond acceptors (Lipinski definition) is 7. The molecule has 8 nitrogen and oxygen atoms in total. The average Bonchev–Trinajstić information content (AvgIpc) is 2.46. The Hall–Kier alpha value is -2.52. The SMILES string of the molecule is O=C1C=CC(=NOS(=O)(=O)c2ccc(Cl)c([N+](=O)[O-])c2)C=C1. The van der Waals surface area contributed by atoms with Crippen molar-refractivity contribution in [2.24, 2.45) is 5.16 Å². The number of ketones is 1. The maximum absolute atomic E-state index is 11.9. The number of nitro benzene ring substituents is 1. The van der Waals surface area contributed by atoms with Crippen LogP contribution in [0.1, 0.15) is 0 Å². The normalized spacial score (nSPS) is 14.0. The first-order chi connectivity index (χ1) is 10.3. The number of carbonyl (C=O) groups excluding carboxylic acids is 1. The molecular weight excluding hydrogens is 336 g/mol. The highest BCUT2D eigenvalue weighted by Gasteiger charge is 2.22. The minimum atomic E-state index is -4.35. The van der Waals surface area contributed by atoms with E-state index in [-0.39, 0.29) is 16.5 Å². The number of nitro groups is 1. The van der Waals surface area contributed by atoms with Gasteiger partial charge < -0.3 is 0 Å². The zero-order valence-electron chi connectivity index (χ0n) is 10.7. The second-order valence-electron chi connectivity index (χ2n) is 3.98. The van der Waals surface area contributed by atoms with Gasteiger partial charge >= 0.3 is 10.1 Å². The van der Waals surface area contributed by atoms with E-state index in [1.54, 1.807) is 0 Å². The van der Waals surface area contributed by atoms with Crippen LogP contribution in [0.2, 0.25) is 5.02 Å². The van der Waals surface area contributed by atoms with Crippen molar-refractivity contribution in [1.29, 1.82) is 0 Å². The van der Waals surface area contributed by atoms with E-state index in [9.17, 15) is 23.3 Å². The van der Waals surface area contributed by atoms with Crippen LogP contribution >= 0.6 is 11.6 Å². The van der Waals surface area contributed by atoms with Gasteiger partial charge in [-0.1, -0.05) is 16.8 Å². The zero-order chi connectivity index (χ0) is 16.3. The highest BCUT2D eigenvalue weighted by molar-refractivity contribution is 7.86. The predicted octanol–water partition coefficient (Wildman–Crippen LogP) is 2.00. The molecule has 0 fully saturated rings. The Morgan fingerprint density at radius 2 is 1.82 bits per heavy atom. The van der Waals surface area contributed by atoms with Crippen LogP contribution in [0.15, 0.2) is 52.6 Å². The maximum Gasteiger partial charge on any atom is 0.358 e. The van der Waals surface area contributed by atoms with E-state index >= 15 is 0 Å². The molecule has 0 saturated carbocycles. The Morgan fingerprint density at radius 3 is 2.41 bits per heavy atom. The molecule has 1 aromatic rings. The summed E-state index contributed by atoms with van der Waals surface area (Å²) in [6, 6.07) is 2.90. The van der Waals surface area contributed by atoms with Crippen molar-refractivity contribution in [3.05, 3.63) is 57.6 Å². The summed E-state index contributed by atoms with van der Waals surface area (Å²) in [4.78, 5) is 20.4. The lowest BCUT2D eigenvalue weighted by atomic mass is 10.2. The molecule has 0 bridgehead atoms. The molecule has 114 valence electrons. The van der Waals surface area contributed by atoms with Crippen LogP contribution in [0.5, 0.6) is 0 Å². The molecule has 2 rings (SSSR count). The van der Waals surface area contributed by atoms with Crippen LogP contribution in [0.25, 0.3) is 0 Å². The third-order valence-corrected chi connectivity index (χ3v) is 3.90. The number of rotatable bonds is 4. The van der Waals surface area contributed by atoms with Crippen molar-refractivity contribution in [3.63, 3.8) is 0 Å². The van der Waals surface area contributed by atoms with Gasteiger partial charge in [-0.05, 0) is 36.4 Å². The summed E-state index contributed by atoms with van der Waals surface area (Å²) < 4.78 is 28.3. The highest BCUT2D eigenvalue weighted by Crippen LogP contribution is 2.27. The lowest BCUT2D eigenvalue weighted by molar-refractivity contribution is -0.384. The fraction of sp³-hybridized carbons (Fsp3) is 0. The second-order valence-corrected chi connectivity index (χ2v) is 5.92. The summed E-state index contributed by atoms with van der Waals surface area (Å²) in [7, 11) is -4.35. The van der Waals surface area contributed by atoms with Gasteiger partial charge in [-0.15, -0.1) is 0 Å². The van der Waals surface area contributed by atoms with E-state index in [2.05, 4.69) is 9.44 Å². The van der Waals surface area contributed by atoms with E-state index in [1.165, 1.54) is 24.3 Å². The lowest BCUT2D eigenvalue weighted by Gasteiger charge is -2.03. The van der Waals surface area contributed by atoms with Gasteiger partial charge in [-0.3, -0.25) is 19.2 Å². The van der Waals surface area contributed by atoms with Crippen LogP contribution in [-0.2, 0) is 19.2 Å². The average molecular weight is 343 g/mol.